The van der Waals surface area contributed by atoms with E-state index in [2.05, 4.69) is 10.6 Å². The van der Waals surface area contributed by atoms with Crippen LogP contribution in [-0.4, -0.2) is 63.2 Å². The highest BCUT2D eigenvalue weighted by Crippen LogP contribution is 2.29. The van der Waals surface area contributed by atoms with Crippen molar-refractivity contribution in [3.8, 4) is 11.5 Å². The smallest absolute Gasteiger partial charge is 0.414 e. The van der Waals surface area contributed by atoms with Gasteiger partial charge in [0.15, 0.2) is 0 Å². The van der Waals surface area contributed by atoms with E-state index in [9.17, 15) is 13.2 Å². The molecule has 10 heteroatoms. The Morgan fingerprint density at radius 2 is 1.69 bits per heavy atom. The minimum absolute atomic E-state index is 0.238. The van der Waals surface area contributed by atoms with Gasteiger partial charge < -0.3 is 25.0 Å². The maximum Gasteiger partial charge on any atom is 0.414 e. The topological polar surface area (TPSA) is 102 Å². The summed E-state index contributed by atoms with van der Waals surface area (Å²) in [5, 5.41) is 7.44. The molecule has 0 fully saturated rings. The van der Waals surface area contributed by atoms with Crippen LogP contribution < -0.4 is 20.1 Å². The normalized spacial score (nSPS) is 11.4. The van der Waals surface area contributed by atoms with Crippen molar-refractivity contribution < 1.29 is 22.7 Å². The summed E-state index contributed by atoms with van der Waals surface area (Å²) in [6.07, 6.45) is 1.19. The summed E-state index contributed by atoms with van der Waals surface area (Å²) in [5.41, 5.74) is 1.60. The zero-order valence-electron chi connectivity index (χ0n) is 22.2. The van der Waals surface area contributed by atoms with Crippen molar-refractivity contribution in [1.29, 1.82) is 0 Å². The Balaban J connectivity index is 1.20. The number of nitrogens with one attached hydrogen (secondary N) is 2. The molecule has 4 rings (SSSR count). The van der Waals surface area contributed by atoms with Gasteiger partial charge in [0, 0.05) is 51.4 Å². The predicted octanol–water partition coefficient (Wildman–Crippen LogP) is 4.09. The van der Waals surface area contributed by atoms with Gasteiger partial charge in [0.2, 0.25) is 0 Å². The number of fused-ring (bicyclic) bond motifs is 1. The summed E-state index contributed by atoms with van der Waals surface area (Å²) in [5.74, 6) is 1.16. The molecular weight excluding hydrogens is 516 g/mol. The monoisotopic (exact) mass is 550 g/mol. The molecule has 3 aromatic carbocycles. The number of nitrogens with zero attached hydrogens (tertiary/aromatic N) is 2. The van der Waals surface area contributed by atoms with Gasteiger partial charge in [-0.1, -0.05) is 36.4 Å². The van der Waals surface area contributed by atoms with Crippen LogP contribution in [0.15, 0.2) is 90.0 Å². The second-order valence-electron chi connectivity index (χ2n) is 8.92. The quantitative estimate of drug-likeness (QED) is 0.242. The molecule has 9 nitrogen and oxygen atoms in total. The van der Waals surface area contributed by atoms with Gasteiger partial charge in [0.1, 0.15) is 18.1 Å². The molecule has 0 spiro atoms. The summed E-state index contributed by atoms with van der Waals surface area (Å²) in [6, 6.07) is 23.0. The fraction of sp³-hybridized carbons (Fsp3) is 0.276. The maximum atomic E-state index is 13.1. The number of aromatic nitrogens is 1. The van der Waals surface area contributed by atoms with E-state index in [1.807, 2.05) is 31.2 Å². The van der Waals surface area contributed by atoms with Crippen LogP contribution in [0.5, 0.6) is 11.5 Å². The first-order valence-corrected chi connectivity index (χ1v) is 14.3. The van der Waals surface area contributed by atoms with Crippen molar-refractivity contribution in [2.45, 2.75) is 18.4 Å². The van der Waals surface area contributed by atoms with Crippen LogP contribution in [0.1, 0.15) is 12.5 Å². The van der Waals surface area contributed by atoms with E-state index >= 15 is 0 Å². The average Bonchev–Trinajstić information content (AvgIpc) is 3.40. The molecular formula is C29H34N4O5S. The Kier molecular flexibility index (Phi) is 9.59. The Morgan fingerprint density at radius 1 is 0.923 bits per heavy atom. The standard InChI is InChI=1S/C29H34N4O5S/c1-3-32(2)29(34)38-24-10-7-9-23(21-24)22-31-17-16-30-18-20-37-28-14-8-13-27-26(28)15-19-33(27)39(35,36)25-11-5-4-6-12-25/h4-15,19,21,30-31H,3,16-18,20,22H2,1-2H3. The highest BCUT2D eigenvalue weighted by Gasteiger charge is 2.19. The van der Waals surface area contributed by atoms with Crippen molar-refractivity contribution in [3.05, 3.63) is 90.6 Å². The van der Waals surface area contributed by atoms with Crippen molar-refractivity contribution in [2.24, 2.45) is 0 Å². The largest absolute Gasteiger partial charge is 0.492 e. The van der Waals surface area contributed by atoms with Gasteiger partial charge in [0.05, 0.1) is 10.4 Å². The third-order valence-electron chi connectivity index (χ3n) is 6.19. The lowest BCUT2D eigenvalue weighted by Crippen LogP contribution is -2.30. The fourth-order valence-corrected chi connectivity index (χ4v) is 5.32. The zero-order chi connectivity index (χ0) is 27.7. The first kappa shape index (κ1) is 28.2. The molecule has 0 atom stereocenters. The number of rotatable bonds is 13. The number of ether oxygens (including phenoxy) is 2. The molecule has 1 amide bonds. The van der Waals surface area contributed by atoms with Crippen LogP contribution in [0, 0.1) is 0 Å². The number of benzene rings is 3. The number of carbonyl (C=O) groups excluding carboxylic acids is 1. The van der Waals surface area contributed by atoms with Crippen LogP contribution in [0.25, 0.3) is 10.9 Å². The van der Waals surface area contributed by atoms with E-state index in [-0.39, 0.29) is 11.0 Å². The first-order chi connectivity index (χ1) is 18.9. The molecule has 0 bridgehead atoms. The van der Waals surface area contributed by atoms with Crippen LogP contribution >= 0.6 is 0 Å². The first-order valence-electron chi connectivity index (χ1n) is 12.9. The van der Waals surface area contributed by atoms with E-state index < -0.39 is 10.0 Å². The SMILES string of the molecule is CCN(C)C(=O)Oc1cccc(CNCCNCCOc2cccc3c2ccn3S(=O)(=O)c2ccccc2)c1. The summed E-state index contributed by atoms with van der Waals surface area (Å²) < 4.78 is 38.8. The van der Waals surface area contributed by atoms with E-state index in [4.69, 9.17) is 9.47 Å². The van der Waals surface area contributed by atoms with E-state index in [1.165, 1.54) is 8.87 Å². The Bertz CT molecular complexity index is 1490. The lowest BCUT2D eigenvalue weighted by atomic mass is 10.2. The Morgan fingerprint density at radius 3 is 2.49 bits per heavy atom. The molecule has 0 aliphatic carbocycles. The second-order valence-corrected chi connectivity index (χ2v) is 10.7. The summed E-state index contributed by atoms with van der Waals surface area (Å²) in [6.45, 7) is 5.70. The van der Waals surface area contributed by atoms with Gasteiger partial charge in [-0.25, -0.2) is 17.2 Å². The minimum Gasteiger partial charge on any atom is -0.492 e. The average molecular weight is 551 g/mol. The van der Waals surface area contributed by atoms with Gasteiger partial charge >= 0.3 is 6.09 Å². The van der Waals surface area contributed by atoms with Crippen LogP contribution in [-0.2, 0) is 16.6 Å². The van der Waals surface area contributed by atoms with E-state index in [1.54, 1.807) is 67.8 Å². The van der Waals surface area contributed by atoms with Crippen LogP contribution in [0.3, 0.4) is 0 Å². The molecule has 0 saturated heterocycles. The van der Waals surface area contributed by atoms with Crippen LogP contribution in [0.4, 0.5) is 4.79 Å². The number of amides is 1. The lowest BCUT2D eigenvalue weighted by molar-refractivity contribution is 0.165. The van der Waals surface area contributed by atoms with Gasteiger partial charge in [-0.15, -0.1) is 0 Å². The molecule has 1 aromatic heterocycles. The van der Waals surface area contributed by atoms with Crippen molar-refractivity contribution in [2.75, 3.05) is 39.8 Å². The third-order valence-corrected chi connectivity index (χ3v) is 7.90. The summed E-state index contributed by atoms with van der Waals surface area (Å²) >= 11 is 0. The number of hydrogen-bond acceptors (Lipinski definition) is 7. The number of carbonyl (C=O) groups is 1. The summed E-state index contributed by atoms with van der Waals surface area (Å²) in [4.78, 5) is 13.7. The Hall–Kier alpha value is -3.86. The molecule has 2 N–H and O–H groups in total. The van der Waals surface area contributed by atoms with Crippen molar-refractivity contribution in [3.63, 3.8) is 0 Å². The predicted molar refractivity (Wildman–Crippen MR) is 152 cm³/mol. The highest BCUT2D eigenvalue weighted by molar-refractivity contribution is 7.90. The summed E-state index contributed by atoms with van der Waals surface area (Å²) in [7, 11) is -1.99. The van der Waals surface area contributed by atoms with Gasteiger partial charge in [-0.05, 0) is 55.0 Å². The molecule has 39 heavy (non-hydrogen) atoms. The molecule has 0 aliphatic heterocycles. The lowest BCUT2D eigenvalue weighted by Gasteiger charge is -2.14. The third kappa shape index (κ3) is 7.17. The minimum atomic E-state index is -3.69. The second kappa shape index (κ2) is 13.3. The van der Waals surface area contributed by atoms with Gasteiger partial charge in [-0.3, -0.25) is 0 Å². The van der Waals surface area contributed by atoms with Gasteiger partial charge in [-0.2, -0.15) is 0 Å². The molecule has 1 heterocycles. The maximum absolute atomic E-state index is 13.1. The van der Waals surface area contributed by atoms with E-state index in [0.29, 0.717) is 43.3 Å². The molecule has 0 radical (unpaired) electrons. The molecule has 0 saturated carbocycles. The Labute approximate surface area is 229 Å². The van der Waals surface area contributed by atoms with E-state index in [0.717, 1.165) is 24.0 Å². The molecule has 0 unspecified atom stereocenters. The van der Waals surface area contributed by atoms with Crippen molar-refractivity contribution in [1.82, 2.24) is 19.5 Å². The molecule has 4 aromatic rings. The fourth-order valence-electron chi connectivity index (χ4n) is 3.95. The zero-order valence-corrected chi connectivity index (χ0v) is 23.0. The van der Waals surface area contributed by atoms with Gasteiger partial charge in [0.25, 0.3) is 10.0 Å². The molecule has 0 aliphatic rings. The number of hydrogen-bond donors (Lipinski definition) is 2. The molecule has 206 valence electrons. The van der Waals surface area contributed by atoms with Crippen LogP contribution in [0.2, 0.25) is 0 Å². The van der Waals surface area contributed by atoms with Crippen molar-refractivity contribution >= 4 is 27.0 Å². The highest BCUT2D eigenvalue weighted by atomic mass is 32.2.